The molecule has 0 radical (unpaired) electrons. The molecule has 0 unspecified atom stereocenters. The highest BCUT2D eigenvalue weighted by molar-refractivity contribution is 5.40. The molecule has 0 aliphatic heterocycles. The number of phenols is 1. The SMILES string of the molecule is N#CCc1ccccc1.Nc1ccc(O)cc1. The van der Waals surface area contributed by atoms with E-state index in [4.69, 9.17) is 16.1 Å². The number of nitrogens with two attached hydrogens (primary N) is 1. The molecule has 0 atom stereocenters. The third kappa shape index (κ3) is 5.24. The highest BCUT2D eigenvalue weighted by Crippen LogP contribution is 2.09. The Labute approximate surface area is 101 Å². The Hall–Kier alpha value is -2.47. The fraction of sp³-hybridized carbons (Fsp3) is 0.0714. The van der Waals surface area contributed by atoms with Crippen LogP contribution in [0.3, 0.4) is 0 Å². The van der Waals surface area contributed by atoms with Gasteiger partial charge in [-0.3, -0.25) is 0 Å². The largest absolute Gasteiger partial charge is 0.508 e. The molecule has 0 spiro atoms. The topological polar surface area (TPSA) is 70.0 Å². The van der Waals surface area contributed by atoms with Crippen molar-refractivity contribution in [2.24, 2.45) is 0 Å². The number of hydrogen-bond acceptors (Lipinski definition) is 3. The van der Waals surface area contributed by atoms with E-state index in [1.54, 1.807) is 24.3 Å². The Bertz CT molecular complexity index is 451. The summed E-state index contributed by atoms with van der Waals surface area (Å²) in [5.41, 5.74) is 7.07. The zero-order valence-corrected chi connectivity index (χ0v) is 9.38. The van der Waals surface area contributed by atoms with Crippen LogP contribution in [0.1, 0.15) is 5.56 Å². The van der Waals surface area contributed by atoms with Gasteiger partial charge in [0.2, 0.25) is 0 Å². The van der Waals surface area contributed by atoms with Crippen LogP contribution >= 0.6 is 0 Å². The van der Waals surface area contributed by atoms with Gasteiger partial charge in [0.05, 0.1) is 12.5 Å². The standard InChI is InChI=1S/C8H7N.C6H7NO/c9-7-6-8-4-2-1-3-5-8;7-5-1-3-6(8)4-2-5/h1-5H,6H2;1-4,8H,7H2. The average Bonchev–Trinajstić information content (AvgIpc) is 2.36. The zero-order chi connectivity index (χ0) is 12.5. The minimum Gasteiger partial charge on any atom is -0.508 e. The van der Waals surface area contributed by atoms with Gasteiger partial charge in [-0.1, -0.05) is 30.3 Å². The van der Waals surface area contributed by atoms with Crippen LogP contribution < -0.4 is 5.73 Å². The van der Waals surface area contributed by atoms with Gasteiger partial charge in [-0.15, -0.1) is 0 Å². The first-order chi connectivity index (χ1) is 8.22. The zero-order valence-electron chi connectivity index (χ0n) is 9.38. The van der Waals surface area contributed by atoms with Crippen LogP contribution in [0.15, 0.2) is 54.6 Å². The lowest BCUT2D eigenvalue weighted by molar-refractivity contribution is 0.475. The normalized spacial score (nSPS) is 8.65. The maximum absolute atomic E-state index is 8.70. The molecule has 2 aromatic rings. The number of aromatic hydroxyl groups is 1. The Morgan fingerprint density at radius 2 is 1.59 bits per heavy atom. The van der Waals surface area contributed by atoms with Crippen molar-refractivity contribution >= 4 is 5.69 Å². The fourth-order valence-corrected chi connectivity index (χ4v) is 1.16. The second-order valence-electron chi connectivity index (χ2n) is 3.41. The minimum atomic E-state index is 0.249. The van der Waals surface area contributed by atoms with Gasteiger partial charge < -0.3 is 10.8 Å². The number of phenolic OH excluding ortho intramolecular Hbond substituents is 1. The Kier molecular flexibility index (Phi) is 5.12. The van der Waals surface area contributed by atoms with Crippen molar-refractivity contribution < 1.29 is 5.11 Å². The summed E-state index contributed by atoms with van der Waals surface area (Å²) >= 11 is 0. The first-order valence-corrected chi connectivity index (χ1v) is 5.18. The summed E-state index contributed by atoms with van der Waals surface area (Å²) in [7, 11) is 0. The summed E-state index contributed by atoms with van der Waals surface area (Å²) in [6, 6.07) is 18.2. The van der Waals surface area contributed by atoms with Gasteiger partial charge in [0.1, 0.15) is 5.75 Å². The van der Waals surface area contributed by atoms with E-state index >= 15 is 0 Å². The molecule has 17 heavy (non-hydrogen) atoms. The van der Waals surface area contributed by atoms with E-state index in [9.17, 15) is 0 Å². The highest BCUT2D eigenvalue weighted by Gasteiger charge is 1.84. The van der Waals surface area contributed by atoms with Gasteiger partial charge in [-0.2, -0.15) is 5.26 Å². The lowest BCUT2D eigenvalue weighted by atomic mass is 10.2. The fourth-order valence-electron chi connectivity index (χ4n) is 1.16. The summed E-state index contributed by atoms with van der Waals surface area (Å²) in [5.74, 6) is 0.249. The van der Waals surface area contributed by atoms with Crippen LogP contribution in [0.4, 0.5) is 5.69 Å². The van der Waals surface area contributed by atoms with Gasteiger partial charge >= 0.3 is 0 Å². The summed E-state index contributed by atoms with van der Waals surface area (Å²) < 4.78 is 0. The van der Waals surface area contributed by atoms with Crippen LogP contribution in [-0.2, 0) is 6.42 Å². The number of anilines is 1. The number of nitriles is 1. The molecule has 0 bridgehead atoms. The van der Waals surface area contributed by atoms with Crippen LogP contribution in [0, 0.1) is 11.3 Å². The molecule has 2 rings (SSSR count). The number of nitrogens with zero attached hydrogens (tertiary/aromatic N) is 1. The third-order valence-electron chi connectivity index (χ3n) is 2.02. The Morgan fingerprint density at radius 1 is 1.00 bits per heavy atom. The maximum Gasteiger partial charge on any atom is 0.115 e. The van der Waals surface area contributed by atoms with E-state index in [0.29, 0.717) is 12.1 Å². The molecular formula is C14H14N2O. The van der Waals surface area contributed by atoms with Crippen molar-refractivity contribution in [3.8, 4) is 11.8 Å². The van der Waals surface area contributed by atoms with Crippen LogP contribution in [0.2, 0.25) is 0 Å². The molecule has 3 nitrogen and oxygen atoms in total. The smallest absolute Gasteiger partial charge is 0.115 e. The number of benzene rings is 2. The molecule has 0 fully saturated rings. The van der Waals surface area contributed by atoms with Crippen LogP contribution in [-0.4, -0.2) is 5.11 Å². The van der Waals surface area contributed by atoms with Crippen molar-refractivity contribution in [3.05, 3.63) is 60.2 Å². The Morgan fingerprint density at radius 3 is 2.06 bits per heavy atom. The van der Waals surface area contributed by atoms with Crippen LogP contribution in [0.25, 0.3) is 0 Å². The summed E-state index contributed by atoms with van der Waals surface area (Å²) in [5, 5.41) is 17.0. The molecule has 0 saturated carbocycles. The van der Waals surface area contributed by atoms with E-state index in [1.807, 2.05) is 30.3 Å². The second-order valence-corrected chi connectivity index (χ2v) is 3.41. The molecule has 3 N–H and O–H groups in total. The highest BCUT2D eigenvalue weighted by atomic mass is 16.3. The summed E-state index contributed by atoms with van der Waals surface area (Å²) in [6.45, 7) is 0. The quantitative estimate of drug-likeness (QED) is 0.580. The minimum absolute atomic E-state index is 0.249. The molecule has 3 heteroatoms. The van der Waals surface area contributed by atoms with Crippen molar-refractivity contribution in [1.29, 1.82) is 5.26 Å². The van der Waals surface area contributed by atoms with Gasteiger partial charge in [0.15, 0.2) is 0 Å². The van der Waals surface area contributed by atoms with E-state index in [0.717, 1.165) is 5.56 Å². The van der Waals surface area contributed by atoms with E-state index in [-0.39, 0.29) is 5.75 Å². The molecule has 0 aliphatic carbocycles. The second kappa shape index (κ2) is 6.91. The van der Waals surface area contributed by atoms with Crippen molar-refractivity contribution in [2.45, 2.75) is 6.42 Å². The predicted octanol–water partition coefficient (Wildman–Crippen LogP) is 2.73. The van der Waals surface area contributed by atoms with Crippen LogP contribution in [0.5, 0.6) is 5.75 Å². The monoisotopic (exact) mass is 226 g/mol. The van der Waals surface area contributed by atoms with Crippen molar-refractivity contribution in [3.63, 3.8) is 0 Å². The van der Waals surface area contributed by atoms with Gasteiger partial charge in [0, 0.05) is 5.69 Å². The lowest BCUT2D eigenvalue weighted by Crippen LogP contribution is -1.80. The average molecular weight is 226 g/mol. The molecule has 0 amide bonds. The van der Waals surface area contributed by atoms with E-state index < -0.39 is 0 Å². The molecule has 0 saturated heterocycles. The molecular weight excluding hydrogens is 212 g/mol. The first-order valence-electron chi connectivity index (χ1n) is 5.18. The van der Waals surface area contributed by atoms with Crippen molar-refractivity contribution in [1.82, 2.24) is 0 Å². The number of nitrogen functional groups attached to an aromatic ring is 1. The lowest BCUT2D eigenvalue weighted by Gasteiger charge is -1.89. The summed E-state index contributed by atoms with van der Waals surface area (Å²) in [6.07, 6.45) is 0.515. The molecule has 0 heterocycles. The molecule has 2 aromatic carbocycles. The maximum atomic E-state index is 8.70. The number of rotatable bonds is 1. The van der Waals surface area contributed by atoms with Crippen molar-refractivity contribution in [2.75, 3.05) is 5.73 Å². The molecule has 86 valence electrons. The van der Waals surface area contributed by atoms with Gasteiger partial charge in [0.25, 0.3) is 0 Å². The van der Waals surface area contributed by atoms with E-state index in [2.05, 4.69) is 6.07 Å². The third-order valence-corrected chi connectivity index (χ3v) is 2.02. The number of hydrogen-bond donors (Lipinski definition) is 2. The first kappa shape index (κ1) is 12.6. The van der Waals surface area contributed by atoms with Gasteiger partial charge in [-0.25, -0.2) is 0 Å². The van der Waals surface area contributed by atoms with E-state index in [1.165, 1.54) is 0 Å². The predicted molar refractivity (Wildman–Crippen MR) is 68.3 cm³/mol. The van der Waals surface area contributed by atoms with Gasteiger partial charge in [-0.05, 0) is 29.8 Å². The Balaban J connectivity index is 0.000000171. The summed E-state index contributed by atoms with van der Waals surface area (Å²) in [4.78, 5) is 0. The molecule has 0 aliphatic rings. The molecule has 0 aromatic heterocycles.